The highest BCUT2D eigenvalue weighted by Gasteiger charge is 2.22. The van der Waals surface area contributed by atoms with Gasteiger partial charge in [0.15, 0.2) is 0 Å². The molecule has 13 heavy (non-hydrogen) atoms. The molecule has 0 bridgehead atoms. The Bertz CT molecular complexity index is 182. The predicted octanol–water partition coefficient (Wildman–Crippen LogP) is 0.811. The van der Waals surface area contributed by atoms with E-state index in [2.05, 4.69) is 11.8 Å². The van der Waals surface area contributed by atoms with Crippen LogP contribution in [0.1, 0.15) is 33.1 Å². The average molecular weight is 185 g/mol. The van der Waals surface area contributed by atoms with Crippen molar-refractivity contribution in [3.63, 3.8) is 0 Å². The lowest BCUT2D eigenvalue weighted by molar-refractivity contribution is -0.118. The number of rotatable bonds is 3. The van der Waals surface area contributed by atoms with Gasteiger partial charge < -0.3 is 5.11 Å². The van der Waals surface area contributed by atoms with Gasteiger partial charge in [0.25, 0.3) is 0 Å². The van der Waals surface area contributed by atoms with Crippen molar-refractivity contribution in [2.75, 3.05) is 13.1 Å². The summed E-state index contributed by atoms with van der Waals surface area (Å²) in [5.74, 6) is 0.229. The molecular weight excluding hydrogens is 166 g/mol. The highest BCUT2D eigenvalue weighted by molar-refractivity contribution is 5.76. The van der Waals surface area contributed by atoms with Crippen LogP contribution in [0.4, 0.5) is 0 Å². The number of β-amino-alcohol motifs (C(OH)–C–C–N with tert-alkyl or cyclic N) is 1. The molecule has 3 heteroatoms. The summed E-state index contributed by atoms with van der Waals surface area (Å²) in [6.45, 7) is 5.43. The number of carbonyl (C=O) groups is 1. The van der Waals surface area contributed by atoms with Gasteiger partial charge >= 0.3 is 0 Å². The minimum atomic E-state index is -0.192. The van der Waals surface area contributed by atoms with Crippen molar-refractivity contribution in [1.29, 1.82) is 0 Å². The van der Waals surface area contributed by atoms with Crippen molar-refractivity contribution in [2.24, 2.45) is 0 Å². The second kappa shape index (κ2) is 4.72. The predicted molar refractivity (Wildman–Crippen MR) is 51.6 cm³/mol. The van der Waals surface area contributed by atoms with Crippen LogP contribution < -0.4 is 0 Å². The summed E-state index contributed by atoms with van der Waals surface area (Å²) in [4.78, 5) is 13.1. The largest absolute Gasteiger partial charge is 0.392 e. The zero-order chi connectivity index (χ0) is 9.84. The molecule has 0 aromatic carbocycles. The van der Waals surface area contributed by atoms with E-state index in [9.17, 15) is 9.90 Å². The maximum atomic E-state index is 10.9. The summed E-state index contributed by atoms with van der Waals surface area (Å²) in [7, 11) is 0. The maximum Gasteiger partial charge on any atom is 0.131 e. The molecule has 1 saturated heterocycles. The van der Waals surface area contributed by atoms with E-state index in [0.717, 1.165) is 25.9 Å². The smallest absolute Gasteiger partial charge is 0.131 e. The Labute approximate surface area is 79.7 Å². The average Bonchev–Trinajstić information content (AvgIpc) is 2.03. The third-order valence-corrected chi connectivity index (χ3v) is 2.63. The Morgan fingerprint density at radius 2 is 2.38 bits per heavy atom. The zero-order valence-electron chi connectivity index (χ0n) is 8.49. The standard InChI is InChI=1S/C10H19NO2/c1-8(6-9(2)12)11-5-3-4-10(13)7-11/h8,10,13H,3-7H2,1-2H3. The van der Waals surface area contributed by atoms with Crippen molar-refractivity contribution >= 4 is 5.78 Å². The SMILES string of the molecule is CC(=O)CC(C)N1CCCC(O)C1. The lowest BCUT2D eigenvalue weighted by Crippen LogP contribution is -2.44. The van der Waals surface area contributed by atoms with E-state index in [4.69, 9.17) is 0 Å². The molecule has 0 amide bonds. The van der Waals surface area contributed by atoms with Crippen LogP contribution in [0.25, 0.3) is 0 Å². The Morgan fingerprint density at radius 3 is 2.92 bits per heavy atom. The van der Waals surface area contributed by atoms with Gasteiger partial charge in [0.1, 0.15) is 5.78 Å². The molecule has 0 radical (unpaired) electrons. The lowest BCUT2D eigenvalue weighted by Gasteiger charge is -2.34. The van der Waals surface area contributed by atoms with Crippen LogP contribution in [0, 0.1) is 0 Å². The summed E-state index contributed by atoms with van der Waals surface area (Å²) in [5, 5.41) is 9.44. The third kappa shape index (κ3) is 3.44. The summed E-state index contributed by atoms with van der Waals surface area (Å²) >= 11 is 0. The van der Waals surface area contributed by atoms with Crippen LogP contribution in [-0.4, -0.2) is 41.0 Å². The van der Waals surface area contributed by atoms with E-state index >= 15 is 0 Å². The van der Waals surface area contributed by atoms with Crippen molar-refractivity contribution in [1.82, 2.24) is 4.90 Å². The van der Waals surface area contributed by atoms with Crippen molar-refractivity contribution in [3.05, 3.63) is 0 Å². The highest BCUT2D eigenvalue weighted by Crippen LogP contribution is 2.14. The van der Waals surface area contributed by atoms with E-state index in [1.165, 1.54) is 0 Å². The van der Waals surface area contributed by atoms with Gasteiger partial charge in [0.05, 0.1) is 6.10 Å². The molecule has 2 unspecified atom stereocenters. The molecule has 0 saturated carbocycles. The molecule has 1 rings (SSSR count). The Morgan fingerprint density at radius 1 is 1.69 bits per heavy atom. The van der Waals surface area contributed by atoms with Crippen LogP contribution in [-0.2, 0) is 4.79 Å². The van der Waals surface area contributed by atoms with Gasteiger partial charge in [-0.05, 0) is 33.2 Å². The monoisotopic (exact) mass is 185 g/mol. The summed E-state index contributed by atoms with van der Waals surface area (Å²) in [6.07, 6.45) is 2.36. The van der Waals surface area contributed by atoms with Crippen LogP contribution in [0.2, 0.25) is 0 Å². The van der Waals surface area contributed by atoms with E-state index in [1.807, 2.05) is 0 Å². The fourth-order valence-corrected chi connectivity index (χ4v) is 1.93. The third-order valence-electron chi connectivity index (χ3n) is 2.63. The fraction of sp³-hybridized carbons (Fsp3) is 0.900. The number of ketones is 1. The maximum absolute atomic E-state index is 10.9. The van der Waals surface area contributed by atoms with Gasteiger partial charge in [-0.1, -0.05) is 0 Å². The Kier molecular flexibility index (Phi) is 3.88. The van der Waals surface area contributed by atoms with Gasteiger partial charge in [-0.15, -0.1) is 0 Å². The molecule has 0 aromatic heterocycles. The molecule has 1 aliphatic rings. The number of carbonyl (C=O) groups excluding carboxylic acids is 1. The molecular formula is C10H19NO2. The normalized spacial score (nSPS) is 27.2. The number of piperidine rings is 1. The molecule has 1 aliphatic heterocycles. The topological polar surface area (TPSA) is 40.5 Å². The first-order chi connectivity index (χ1) is 6.09. The number of hydrogen-bond donors (Lipinski definition) is 1. The molecule has 3 nitrogen and oxygen atoms in total. The van der Waals surface area contributed by atoms with E-state index < -0.39 is 0 Å². The van der Waals surface area contributed by atoms with Crippen LogP contribution in [0.5, 0.6) is 0 Å². The first-order valence-electron chi connectivity index (χ1n) is 5.01. The molecule has 0 spiro atoms. The number of likely N-dealkylation sites (tertiary alicyclic amines) is 1. The van der Waals surface area contributed by atoms with Crippen LogP contribution in [0.3, 0.4) is 0 Å². The highest BCUT2D eigenvalue weighted by atomic mass is 16.3. The zero-order valence-corrected chi connectivity index (χ0v) is 8.49. The van der Waals surface area contributed by atoms with Crippen LogP contribution in [0.15, 0.2) is 0 Å². The van der Waals surface area contributed by atoms with Gasteiger partial charge in [-0.3, -0.25) is 9.69 Å². The van der Waals surface area contributed by atoms with E-state index in [0.29, 0.717) is 6.42 Å². The Hall–Kier alpha value is -0.410. The quantitative estimate of drug-likeness (QED) is 0.707. The van der Waals surface area contributed by atoms with Crippen LogP contribution >= 0.6 is 0 Å². The van der Waals surface area contributed by atoms with Crippen molar-refractivity contribution < 1.29 is 9.90 Å². The van der Waals surface area contributed by atoms with E-state index in [-0.39, 0.29) is 17.9 Å². The number of nitrogens with zero attached hydrogens (tertiary/aromatic N) is 1. The number of hydrogen-bond acceptors (Lipinski definition) is 3. The Balaban J connectivity index is 2.36. The van der Waals surface area contributed by atoms with Crippen molar-refractivity contribution in [2.45, 2.75) is 45.3 Å². The van der Waals surface area contributed by atoms with Crippen molar-refractivity contribution in [3.8, 4) is 0 Å². The first-order valence-corrected chi connectivity index (χ1v) is 5.01. The molecule has 2 atom stereocenters. The molecule has 1 fully saturated rings. The number of Topliss-reactive ketones (excluding diaryl/α,β-unsaturated/α-hetero) is 1. The minimum Gasteiger partial charge on any atom is -0.392 e. The van der Waals surface area contributed by atoms with Gasteiger partial charge in [0.2, 0.25) is 0 Å². The molecule has 0 aliphatic carbocycles. The lowest BCUT2D eigenvalue weighted by atomic mass is 10.0. The second-order valence-electron chi connectivity index (χ2n) is 4.05. The summed E-state index contributed by atoms with van der Waals surface area (Å²) in [5.41, 5.74) is 0. The molecule has 1 N–H and O–H groups in total. The minimum absolute atomic E-state index is 0.192. The molecule has 0 aromatic rings. The number of aliphatic hydroxyl groups excluding tert-OH is 1. The molecule has 76 valence electrons. The molecule has 1 heterocycles. The summed E-state index contributed by atoms with van der Waals surface area (Å²) < 4.78 is 0. The summed E-state index contributed by atoms with van der Waals surface area (Å²) in [6, 6.07) is 0.285. The second-order valence-corrected chi connectivity index (χ2v) is 4.05. The number of aliphatic hydroxyl groups is 1. The first kappa shape index (κ1) is 10.7. The van der Waals surface area contributed by atoms with Gasteiger partial charge in [-0.25, -0.2) is 0 Å². The van der Waals surface area contributed by atoms with Gasteiger partial charge in [0, 0.05) is 19.0 Å². The fourth-order valence-electron chi connectivity index (χ4n) is 1.93. The van der Waals surface area contributed by atoms with Gasteiger partial charge in [-0.2, -0.15) is 0 Å². The van der Waals surface area contributed by atoms with E-state index in [1.54, 1.807) is 6.92 Å².